The maximum absolute atomic E-state index is 5.88. The lowest BCUT2D eigenvalue weighted by atomic mass is 10.2. The summed E-state index contributed by atoms with van der Waals surface area (Å²) in [6.45, 7) is 1.94. The zero-order valence-corrected chi connectivity index (χ0v) is 11.7. The van der Waals surface area contributed by atoms with Gasteiger partial charge in [-0.2, -0.15) is 0 Å². The summed E-state index contributed by atoms with van der Waals surface area (Å²) in [6.07, 6.45) is 6.50. The van der Waals surface area contributed by atoms with Crippen LogP contribution < -0.4 is 5.73 Å². The lowest BCUT2D eigenvalue weighted by Gasteiger charge is -2.12. The summed E-state index contributed by atoms with van der Waals surface area (Å²) in [6, 6.07) is 6.08. The molecule has 1 aromatic heterocycles. The Balaban J connectivity index is 1.66. The van der Waals surface area contributed by atoms with E-state index < -0.39 is 0 Å². The molecule has 106 valence electrons. The Morgan fingerprint density at radius 3 is 2.95 bits per heavy atom. The summed E-state index contributed by atoms with van der Waals surface area (Å²) in [5.74, 6) is 1.91. The minimum atomic E-state index is 0.438. The molecule has 4 nitrogen and oxygen atoms in total. The highest BCUT2D eigenvalue weighted by Crippen LogP contribution is 2.41. The van der Waals surface area contributed by atoms with Gasteiger partial charge < -0.3 is 15.0 Å². The first kappa shape index (κ1) is 12.2. The molecule has 2 heterocycles. The van der Waals surface area contributed by atoms with Crippen LogP contribution in [0.3, 0.4) is 0 Å². The van der Waals surface area contributed by atoms with Crippen molar-refractivity contribution in [3.05, 3.63) is 24.0 Å². The normalized spacial score (nSPS) is 22.7. The molecule has 20 heavy (non-hydrogen) atoms. The molecule has 0 radical (unpaired) electrons. The van der Waals surface area contributed by atoms with Gasteiger partial charge in [0.25, 0.3) is 0 Å². The standard InChI is InChI=1S/C16H21N3O/c17-12-5-6-15-14(10-12)18-16(11-3-4-11)19(15)8-7-13-2-1-9-20-13/h5-6,10-11,13H,1-4,7-9,17H2. The first-order chi connectivity index (χ1) is 9.81. The van der Waals surface area contributed by atoms with Crippen molar-refractivity contribution in [1.82, 2.24) is 9.55 Å². The molecule has 0 spiro atoms. The molecule has 1 aromatic carbocycles. The molecule has 2 aromatic rings. The van der Waals surface area contributed by atoms with Crippen LogP contribution in [0.2, 0.25) is 0 Å². The van der Waals surface area contributed by atoms with Crippen molar-refractivity contribution in [2.75, 3.05) is 12.3 Å². The molecule has 1 saturated carbocycles. The fourth-order valence-electron chi connectivity index (χ4n) is 3.20. The van der Waals surface area contributed by atoms with Crippen LogP contribution in [0.4, 0.5) is 5.69 Å². The smallest absolute Gasteiger partial charge is 0.112 e. The molecule has 4 rings (SSSR count). The zero-order valence-electron chi connectivity index (χ0n) is 11.7. The molecule has 1 atom stereocenters. The summed E-state index contributed by atoms with van der Waals surface area (Å²) >= 11 is 0. The third kappa shape index (κ3) is 2.18. The molecule has 0 amide bonds. The molecule has 0 bridgehead atoms. The van der Waals surface area contributed by atoms with Crippen LogP contribution >= 0.6 is 0 Å². The topological polar surface area (TPSA) is 53.1 Å². The quantitative estimate of drug-likeness (QED) is 0.869. The van der Waals surface area contributed by atoms with Gasteiger partial charge in [0.2, 0.25) is 0 Å². The molecule has 2 aliphatic rings. The minimum absolute atomic E-state index is 0.438. The second-order valence-electron chi connectivity index (χ2n) is 6.07. The van der Waals surface area contributed by atoms with Crippen molar-refractivity contribution < 1.29 is 4.74 Å². The fraction of sp³-hybridized carbons (Fsp3) is 0.562. The highest BCUT2D eigenvalue weighted by Gasteiger charge is 2.30. The number of anilines is 1. The number of benzene rings is 1. The molecule has 4 heteroatoms. The summed E-state index contributed by atoms with van der Waals surface area (Å²) in [5.41, 5.74) is 8.94. The Hall–Kier alpha value is -1.55. The minimum Gasteiger partial charge on any atom is -0.399 e. The average molecular weight is 271 g/mol. The van der Waals surface area contributed by atoms with Crippen LogP contribution in [0.15, 0.2) is 18.2 Å². The summed E-state index contributed by atoms with van der Waals surface area (Å²) < 4.78 is 8.14. The van der Waals surface area contributed by atoms with Gasteiger partial charge in [0.1, 0.15) is 5.82 Å². The second-order valence-corrected chi connectivity index (χ2v) is 6.07. The van der Waals surface area contributed by atoms with E-state index in [9.17, 15) is 0 Å². The predicted octanol–water partition coefficient (Wildman–Crippen LogP) is 3.07. The van der Waals surface area contributed by atoms with Crippen molar-refractivity contribution in [3.63, 3.8) is 0 Å². The third-order valence-corrected chi connectivity index (χ3v) is 4.44. The maximum Gasteiger partial charge on any atom is 0.112 e. The van der Waals surface area contributed by atoms with Crippen LogP contribution in [0.1, 0.15) is 43.8 Å². The van der Waals surface area contributed by atoms with Gasteiger partial charge in [0, 0.05) is 24.8 Å². The van der Waals surface area contributed by atoms with Crippen LogP contribution in [-0.4, -0.2) is 22.3 Å². The number of aryl methyl sites for hydroxylation is 1. The molecule has 1 aliphatic carbocycles. The number of ether oxygens (including phenoxy) is 1. The van der Waals surface area contributed by atoms with Gasteiger partial charge in [0.15, 0.2) is 0 Å². The van der Waals surface area contributed by atoms with Crippen LogP contribution in [0.5, 0.6) is 0 Å². The van der Waals surface area contributed by atoms with Gasteiger partial charge in [-0.15, -0.1) is 0 Å². The van der Waals surface area contributed by atoms with E-state index >= 15 is 0 Å². The zero-order chi connectivity index (χ0) is 13.5. The van der Waals surface area contributed by atoms with E-state index in [-0.39, 0.29) is 0 Å². The summed E-state index contributed by atoms with van der Waals surface area (Å²) in [4.78, 5) is 4.82. The third-order valence-electron chi connectivity index (χ3n) is 4.44. The Labute approximate surface area is 118 Å². The largest absolute Gasteiger partial charge is 0.399 e. The number of fused-ring (bicyclic) bond motifs is 1. The van der Waals surface area contributed by atoms with Crippen molar-refractivity contribution in [3.8, 4) is 0 Å². The van der Waals surface area contributed by atoms with Gasteiger partial charge in [-0.3, -0.25) is 0 Å². The van der Waals surface area contributed by atoms with Crippen LogP contribution in [0, 0.1) is 0 Å². The van der Waals surface area contributed by atoms with Crippen LogP contribution in [0.25, 0.3) is 11.0 Å². The van der Waals surface area contributed by atoms with Gasteiger partial charge in [-0.05, 0) is 50.3 Å². The Morgan fingerprint density at radius 2 is 2.20 bits per heavy atom. The number of imidazole rings is 1. The highest BCUT2D eigenvalue weighted by atomic mass is 16.5. The average Bonchev–Trinajstić information content (AvgIpc) is 3.03. The second kappa shape index (κ2) is 4.77. The molecular weight excluding hydrogens is 250 g/mol. The number of aromatic nitrogens is 2. The summed E-state index contributed by atoms with van der Waals surface area (Å²) in [5, 5.41) is 0. The first-order valence-electron chi connectivity index (χ1n) is 7.68. The van der Waals surface area contributed by atoms with Crippen LogP contribution in [-0.2, 0) is 11.3 Å². The van der Waals surface area contributed by atoms with Gasteiger partial charge in [-0.1, -0.05) is 0 Å². The monoisotopic (exact) mass is 271 g/mol. The van der Waals surface area contributed by atoms with Gasteiger partial charge in [-0.25, -0.2) is 4.98 Å². The first-order valence-corrected chi connectivity index (χ1v) is 7.68. The SMILES string of the molecule is Nc1ccc2c(c1)nc(C1CC1)n2CCC1CCCO1. The van der Waals surface area contributed by atoms with E-state index in [0.717, 1.165) is 30.8 Å². The molecule has 2 fully saturated rings. The number of hydrogen-bond donors (Lipinski definition) is 1. The maximum atomic E-state index is 5.88. The van der Waals surface area contributed by atoms with E-state index in [0.29, 0.717) is 12.0 Å². The highest BCUT2D eigenvalue weighted by molar-refractivity contribution is 5.79. The lowest BCUT2D eigenvalue weighted by molar-refractivity contribution is 0.100. The van der Waals surface area contributed by atoms with E-state index in [4.69, 9.17) is 15.5 Å². The molecular formula is C16H21N3O. The number of nitrogen functional groups attached to an aromatic ring is 1. The van der Waals surface area contributed by atoms with Crippen molar-refractivity contribution in [1.29, 1.82) is 0 Å². The number of nitrogens with two attached hydrogens (primary N) is 1. The Bertz CT molecular complexity index is 624. The van der Waals surface area contributed by atoms with E-state index in [1.54, 1.807) is 0 Å². The van der Waals surface area contributed by atoms with Gasteiger partial charge >= 0.3 is 0 Å². The number of rotatable bonds is 4. The number of nitrogens with zero attached hydrogens (tertiary/aromatic N) is 2. The van der Waals surface area contributed by atoms with E-state index in [2.05, 4.69) is 10.6 Å². The van der Waals surface area contributed by atoms with Crippen molar-refractivity contribution in [2.45, 2.75) is 50.7 Å². The summed E-state index contributed by atoms with van der Waals surface area (Å²) in [7, 11) is 0. The molecule has 2 N–H and O–H groups in total. The van der Waals surface area contributed by atoms with E-state index in [1.807, 2.05) is 12.1 Å². The molecule has 1 saturated heterocycles. The predicted molar refractivity (Wildman–Crippen MR) is 79.7 cm³/mol. The van der Waals surface area contributed by atoms with Crippen molar-refractivity contribution in [2.24, 2.45) is 0 Å². The fourth-order valence-corrected chi connectivity index (χ4v) is 3.20. The van der Waals surface area contributed by atoms with E-state index in [1.165, 1.54) is 37.0 Å². The molecule has 1 unspecified atom stereocenters. The Morgan fingerprint density at radius 1 is 1.30 bits per heavy atom. The number of hydrogen-bond acceptors (Lipinski definition) is 3. The lowest BCUT2D eigenvalue weighted by Crippen LogP contribution is -2.11. The molecule has 1 aliphatic heterocycles. The van der Waals surface area contributed by atoms with Crippen molar-refractivity contribution >= 4 is 16.7 Å². The van der Waals surface area contributed by atoms with Gasteiger partial charge in [0.05, 0.1) is 17.1 Å². The Kier molecular flexibility index (Phi) is 2.91.